The van der Waals surface area contributed by atoms with Gasteiger partial charge in [-0.3, -0.25) is 0 Å². The van der Waals surface area contributed by atoms with E-state index in [-0.39, 0.29) is 56.4 Å². The van der Waals surface area contributed by atoms with Crippen molar-refractivity contribution < 1.29 is 42.8 Å². The van der Waals surface area contributed by atoms with Crippen molar-refractivity contribution in [3.8, 4) is 0 Å². The van der Waals surface area contributed by atoms with Gasteiger partial charge in [0.05, 0.1) is 0 Å². The summed E-state index contributed by atoms with van der Waals surface area (Å²) < 4.78 is 0. The minimum Gasteiger partial charge on any atom is -0.344 e. The van der Waals surface area contributed by atoms with Crippen molar-refractivity contribution in [3.05, 3.63) is 0 Å². The predicted molar refractivity (Wildman–Crippen MR) is 11.8 cm³/mol. The van der Waals surface area contributed by atoms with Crippen LogP contribution in [-0.2, 0) is 42.8 Å². The molecule has 26 valence electrons. The van der Waals surface area contributed by atoms with E-state index in [1.807, 2.05) is 0 Å². The van der Waals surface area contributed by atoms with Crippen molar-refractivity contribution in [1.82, 2.24) is 6.15 Å². The van der Waals surface area contributed by atoms with Gasteiger partial charge in [-0.15, -0.1) is 0 Å². The second kappa shape index (κ2) is 26.6. The molecule has 4 heavy (non-hydrogen) atoms. The Morgan fingerprint density at radius 3 is 1.00 bits per heavy atom. The van der Waals surface area contributed by atoms with Gasteiger partial charge in [0, 0.05) is 42.8 Å². The van der Waals surface area contributed by atoms with Crippen LogP contribution in [0.3, 0.4) is 0 Å². The molecule has 0 saturated heterocycles. The molecule has 0 radical (unpaired) electrons. The van der Waals surface area contributed by atoms with E-state index in [0.717, 1.165) is 0 Å². The van der Waals surface area contributed by atoms with Crippen LogP contribution in [0, 0.1) is 0 Å². The Hall–Kier alpha value is 1.36. The summed E-state index contributed by atoms with van der Waals surface area (Å²) >= 11 is 0. The van der Waals surface area contributed by atoms with E-state index >= 15 is 0 Å². The summed E-state index contributed by atoms with van der Waals surface area (Å²) in [5, 5.41) is 0. The summed E-state index contributed by atoms with van der Waals surface area (Å²) in [5.74, 6) is 0. The molecule has 0 aliphatic heterocycles. The molecule has 0 spiro atoms. The maximum atomic E-state index is 0. The van der Waals surface area contributed by atoms with Gasteiger partial charge in [0.2, 0.25) is 0 Å². The minimum absolute atomic E-state index is 0. The third-order valence-electron chi connectivity index (χ3n) is 0. The zero-order valence-electron chi connectivity index (χ0n) is 1.62. The molecule has 3 N–H and O–H groups in total. The zero-order valence-corrected chi connectivity index (χ0v) is 6.11. The Labute approximate surface area is 56.3 Å². The maximum absolute atomic E-state index is 0. The van der Waals surface area contributed by atoms with Gasteiger partial charge in [0.1, 0.15) is 0 Å². The van der Waals surface area contributed by atoms with Gasteiger partial charge in [-0.1, -0.05) is 7.43 Å². The number of hydrogen-bond donors (Lipinski definition) is 1. The van der Waals surface area contributed by atoms with Gasteiger partial charge in [-0.25, -0.2) is 0 Å². The quantitative estimate of drug-likeness (QED) is 0.645. The van der Waals surface area contributed by atoms with Crippen molar-refractivity contribution in [3.63, 3.8) is 0 Å². The first-order chi connectivity index (χ1) is 0. The van der Waals surface area contributed by atoms with Crippen LogP contribution >= 0.6 is 0 Å². The molecule has 0 aliphatic carbocycles. The molecule has 0 aromatic heterocycles. The van der Waals surface area contributed by atoms with Crippen LogP contribution in [0.5, 0.6) is 0 Å². The van der Waals surface area contributed by atoms with Crippen LogP contribution < -0.4 is 6.15 Å². The molecule has 0 atom stereocenters. The van der Waals surface area contributed by atoms with Crippen LogP contribution in [0.1, 0.15) is 7.43 Å². The molecular weight excluding hydrogens is 258 g/mol. The van der Waals surface area contributed by atoms with Crippen molar-refractivity contribution in [2.75, 3.05) is 0 Å². The van der Waals surface area contributed by atoms with E-state index in [0.29, 0.717) is 0 Å². The van der Waals surface area contributed by atoms with Crippen LogP contribution in [0.25, 0.3) is 0 Å². The molecule has 0 amide bonds. The Morgan fingerprint density at radius 1 is 1.00 bits per heavy atom. The smallest absolute Gasteiger partial charge is 0 e. The Morgan fingerprint density at radius 2 is 1.00 bits per heavy atom. The summed E-state index contributed by atoms with van der Waals surface area (Å²) in [6.45, 7) is 0. The molecule has 0 saturated carbocycles. The fourth-order valence-corrected chi connectivity index (χ4v) is 0. The second-order valence-electron chi connectivity index (χ2n) is 0. The molecule has 0 unspecified atom stereocenters. The summed E-state index contributed by atoms with van der Waals surface area (Å²) in [4.78, 5) is 0. The first kappa shape index (κ1) is 55.0. The average molecular weight is 265 g/mol. The van der Waals surface area contributed by atoms with E-state index in [2.05, 4.69) is 0 Å². The molecule has 0 rings (SSSR count). The Balaban J connectivity index is 0. The maximum Gasteiger partial charge on any atom is 0 e. The fourth-order valence-electron chi connectivity index (χ4n) is 0. The normalized spacial score (nSPS) is 0. The number of hydrogen-bond acceptors (Lipinski definition) is 1. The summed E-state index contributed by atoms with van der Waals surface area (Å²) in [6, 6.07) is 0. The Kier molecular flexibility index (Phi) is 365. The number of rotatable bonds is 0. The largest absolute Gasteiger partial charge is 0.344 e. The topological polar surface area (TPSA) is 35.0 Å². The molecule has 0 fully saturated rings. The SMILES string of the molecule is C.N.[Ti].[W]. The zero-order chi connectivity index (χ0) is 0. The standard InChI is InChI=1S/CH4.H3N.Ti.W/h1H4;1H3;;. The molecule has 0 aromatic carbocycles. The minimum atomic E-state index is 0. The van der Waals surface area contributed by atoms with Gasteiger partial charge in [0.25, 0.3) is 0 Å². The van der Waals surface area contributed by atoms with E-state index in [1.165, 1.54) is 0 Å². The van der Waals surface area contributed by atoms with Gasteiger partial charge >= 0.3 is 0 Å². The van der Waals surface area contributed by atoms with Crippen molar-refractivity contribution >= 4 is 0 Å². The summed E-state index contributed by atoms with van der Waals surface area (Å²) in [5.41, 5.74) is 0. The summed E-state index contributed by atoms with van der Waals surface area (Å²) in [6.07, 6.45) is 0. The monoisotopic (exact) mass is 265 g/mol. The molecule has 0 aromatic rings. The van der Waals surface area contributed by atoms with E-state index in [9.17, 15) is 0 Å². The van der Waals surface area contributed by atoms with E-state index in [1.54, 1.807) is 0 Å². The first-order valence-electron chi connectivity index (χ1n) is 0. The van der Waals surface area contributed by atoms with E-state index in [4.69, 9.17) is 0 Å². The Bertz CT molecular complexity index is 8.00. The van der Waals surface area contributed by atoms with Crippen LogP contribution in [-0.4, -0.2) is 0 Å². The van der Waals surface area contributed by atoms with Gasteiger partial charge in [-0.2, -0.15) is 0 Å². The molecule has 1 nitrogen and oxygen atoms in total. The average Bonchev–Trinajstić information content (AvgIpc) is 0. The first-order valence-corrected chi connectivity index (χ1v) is 0. The second-order valence-corrected chi connectivity index (χ2v) is 0. The van der Waals surface area contributed by atoms with Crippen molar-refractivity contribution in [2.45, 2.75) is 7.43 Å². The summed E-state index contributed by atoms with van der Waals surface area (Å²) in [7, 11) is 0. The van der Waals surface area contributed by atoms with Gasteiger partial charge in [-0.05, 0) is 0 Å². The molecule has 3 heteroatoms. The molecule has 0 bridgehead atoms. The van der Waals surface area contributed by atoms with Crippen LogP contribution in [0.15, 0.2) is 0 Å². The van der Waals surface area contributed by atoms with Crippen molar-refractivity contribution in [1.29, 1.82) is 0 Å². The van der Waals surface area contributed by atoms with Gasteiger partial charge in [0.15, 0.2) is 0 Å². The fraction of sp³-hybridized carbons (Fsp3) is 1.00. The van der Waals surface area contributed by atoms with E-state index < -0.39 is 0 Å². The van der Waals surface area contributed by atoms with Crippen LogP contribution in [0.4, 0.5) is 0 Å². The molecular formula is CH7NTiW. The third kappa shape index (κ3) is 10.1. The van der Waals surface area contributed by atoms with Crippen molar-refractivity contribution in [2.24, 2.45) is 0 Å². The molecule has 0 aliphatic rings. The van der Waals surface area contributed by atoms with Gasteiger partial charge < -0.3 is 6.15 Å². The molecule has 0 heterocycles. The predicted octanol–water partition coefficient (Wildman–Crippen LogP) is 0.793. The van der Waals surface area contributed by atoms with Crippen LogP contribution in [0.2, 0.25) is 0 Å². The third-order valence-corrected chi connectivity index (χ3v) is 0.